The van der Waals surface area contributed by atoms with Gasteiger partial charge in [-0.2, -0.15) is 0 Å². The van der Waals surface area contributed by atoms with E-state index in [1.807, 2.05) is 0 Å². The number of rotatable bonds is 4. The Labute approximate surface area is 123 Å². The van der Waals surface area contributed by atoms with Gasteiger partial charge < -0.3 is 10.6 Å². The van der Waals surface area contributed by atoms with E-state index in [0.717, 1.165) is 41.6 Å². The first-order chi connectivity index (χ1) is 9.43. The van der Waals surface area contributed by atoms with E-state index < -0.39 is 10.0 Å². The molecule has 2 heterocycles. The van der Waals surface area contributed by atoms with Crippen LogP contribution >= 0.6 is 11.3 Å². The van der Waals surface area contributed by atoms with Crippen molar-refractivity contribution in [2.75, 3.05) is 27.2 Å². The lowest BCUT2D eigenvalue weighted by molar-refractivity contribution is 0.0930. The molecule has 112 valence electrons. The third-order valence-corrected chi connectivity index (χ3v) is 6.17. The minimum atomic E-state index is -3.58. The van der Waals surface area contributed by atoms with Crippen LogP contribution in [0.4, 0.5) is 0 Å². The van der Waals surface area contributed by atoms with Crippen LogP contribution in [0.25, 0.3) is 0 Å². The van der Waals surface area contributed by atoms with Crippen molar-refractivity contribution in [3.8, 4) is 0 Å². The van der Waals surface area contributed by atoms with Gasteiger partial charge in [-0.25, -0.2) is 12.7 Å². The van der Waals surface area contributed by atoms with Crippen LogP contribution in [0.3, 0.4) is 0 Å². The van der Waals surface area contributed by atoms with Crippen molar-refractivity contribution < 1.29 is 13.2 Å². The molecule has 1 aliphatic heterocycles. The molecule has 0 bridgehead atoms. The van der Waals surface area contributed by atoms with Crippen molar-refractivity contribution in [2.24, 2.45) is 0 Å². The zero-order valence-electron chi connectivity index (χ0n) is 11.5. The van der Waals surface area contributed by atoms with Gasteiger partial charge in [-0.05, 0) is 37.4 Å². The maximum atomic E-state index is 12.3. The predicted octanol–water partition coefficient (Wildman–Crippen LogP) is 0.480. The maximum absolute atomic E-state index is 12.3. The molecule has 1 saturated heterocycles. The van der Waals surface area contributed by atoms with Crippen LogP contribution < -0.4 is 10.6 Å². The zero-order valence-corrected chi connectivity index (χ0v) is 13.2. The Morgan fingerprint density at radius 2 is 2.05 bits per heavy atom. The molecule has 1 aromatic heterocycles. The van der Waals surface area contributed by atoms with E-state index in [1.165, 1.54) is 20.2 Å². The lowest BCUT2D eigenvalue weighted by Crippen LogP contribution is -2.42. The van der Waals surface area contributed by atoms with Gasteiger partial charge in [0.25, 0.3) is 5.91 Å². The van der Waals surface area contributed by atoms with Gasteiger partial charge in [-0.15, -0.1) is 11.3 Å². The molecule has 0 aromatic carbocycles. The average Bonchev–Trinajstić information content (AvgIpc) is 2.89. The molecule has 20 heavy (non-hydrogen) atoms. The third-order valence-electron chi connectivity index (χ3n) is 3.27. The highest BCUT2D eigenvalue weighted by Crippen LogP contribution is 2.24. The van der Waals surface area contributed by atoms with E-state index in [2.05, 4.69) is 10.6 Å². The smallest absolute Gasteiger partial charge is 0.262 e. The van der Waals surface area contributed by atoms with E-state index >= 15 is 0 Å². The number of hydrogen-bond acceptors (Lipinski definition) is 5. The number of piperidine rings is 1. The second-order valence-corrected chi connectivity index (χ2v) is 7.94. The van der Waals surface area contributed by atoms with Crippen molar-refractivity contribution in [2.45, 2.75) is 23.8 Å². The molecule has 0 atom stereocenters. The standard InChI is InChI=1S/C12H19N3O3S2/c1-15(2)20(17,18)10-5-8-19-11(10)12(16)14-9-3-6-13-7-4-9/h5,8-9,13H,3-4,6-7H2,1-2H3,(H,14,16). The molecule has 8 heteroatoms. The molecule has 1 amide bonds. The second kappa shape index (κ2) is 6.21. The summed E-state index contributed by atoms with van der Waals surface area (Å²) < 4.78 is 25.4. The maximum Gasteiger partial charge on any atom is 0.262 e. The summed E-state index contributed by atoms with van der Waals surface area (Å²) in [7, 11) is -0.660. The number of carbonyl (C=O) groups is 1. The number of nitrogens with zero attached hydrogens (tertiary/aromatic N) is 1. The van der Waals surface area contributed by atoms with Crippen molar-refractivity contribution in [1.29, 1.82) is 0 Å². The molecule has 1 fully saturated rings. The zero-order chi connectivity index (χ0) is 14.8. The predicted molar refractivity (Wildman–Crippen MR) is 78.5 cm³/mol. The number of nitrogens with one attached hydrogen (secondary N) is 2. The Bertz CT molecular complexity index is 575. The summed E-state index contributed by atoms with van der Waals surface area (Å²) in [5.41, 5.74) is 0. The Hall–Kier alpha value is -0.960. The van der Waals surface area contributed by atoms with E-state index in [0.29, 0.717) is 0 Å². The fourth-order valence-corrected chi connectivity index (χ4v) is 4.28. The highest BCUT2D eigenvalue weighted by molar-refractivity contribution is 7.89. The summed E-state index contributed by atoms with van der Waals surface area (Å²) in [4.78, 5) is 12.6. The van der Waals surface area contributed by atoms with Crippen molar-refractivity contribution in [3.05, 3.63) is 16.3 Å². The largest absolute Gasteiger partial charge is 0.348 e. The summed E-state index contributed by atoms with van der Waals surface area (Å²) in [5, 5.41) is 7.78. The van der Waals surface area contributed by atoms with Gasteiger partial charge in [0.15, 0.2) is 0 Å². The first-order valence-electron chi connectivity index (χ1n) is 6.44. The normalized spacial score (nSPS) is 17.4. The molecule has 2 rings (SSSR count). The van der Waals surface area contributed by atoms with Crippen LogP contribution in [-0.2, 0) is 10.0 Å². The fourth-order valence-electron chi connectivity index (χ4n) is 2.08. The molecule has 1 aromatic rings. The van der Waals surface area contributed by atoms with Crippen LogP contribution in [0.15, 0.2) is 16.3 Å². The molecule has 0 radical (unpaired) electrons. The van der Waals surface area contributed by atoms with Gasteiger partial charge in [0.2, 0.25) is 10.0 Å². The van der Waals surface area contributed by atoms with Gasteiger partial charge >= 0.3 is 0 Å². The average molecular weight is 317 g/mol. The Morgan fingerprint density at radius 1 is 1.40 bits per heavy atom. The minimum Gasteiger partial charge on any atom is -0.348 e. The number of sulfonamides is 1. The Morgan fingerprint density at radius 3 is 2.65 bits per heavy atom. The summed E-state index contributed by atoms with van der Waals surface area (Å²) in [6, 6.07) is 1.60. The highest BCUT2D eigenvalue weighted by Gasteiger charge is 2.27. The van der Waals surface area contributed by atoms with E-state index in [4.69, 9.17) is 0 Å². The summed E-state index contributed by atoms with van der Waals surface area (Å²) in [6.45, 7) is 1.75. The molecule has 1 aliphatic rings. The van der Waals surface area contributed by atoms with Gasteiger partial charge in [-0.1, -0.05) is 0 Å². The topological polar surface area (TPSA) is 78.5 Å². The van der Waals surface area contributed by atoms with E-state index in [1.54, 1.807) is 5.38 Å². The summed E-state index contributed by atoms with van der Waals surface area (Å²) in [6.07, 6.45) is 1.74. The lowest BCUT2D eigenvalue weighted by atomic mass is 10.1. The van der Waals surface area contributed by atoms with Crippen molar-refractivity contribution in [3.63, 3.8) is 0 Å². The number of carbonyl (C=O) groups excluding carboxylic acids is 1. The van der Waals surface area contributed by atoms with Gasteiger partial charge in [-0.3, -0.25) is 4.79 Å². The third kappa shape index (κ3) is 3.20. The number of thiophene rings is 1. The molecule has 0 saturated carbocycles. The van der Waals surface area contributed by atoms with Crippen LogP contribution in [-0.4, -0.2) is 51.9 Å². The molecule has 6 nitrogen and oxygen atoms in total. The second-order valence-electron chi connectivity index (χ2n) is 4.90. The first-order valence-corrected chi connectivity index (χ1v) is 8.76. The van der Waals surface area contributed by atoms with Crippen LogP contribution in [0.1, 0.15) is 22.5 Å². The van der Waals surface area contributed by atoms with Crippen molar-refractivity contribution in [1.82, 2.24) is 14.9 Å². The van der Waals surface area contributed by atoms with Gasteiger partial charge in [0.1, 0.15) is 9.77 Å². The molecule has 0 spiro atoms. The fraction of sp³-hybridized carbons (Fsp3) is 0.583. The van der Waals surface area contributed by atoms with Gasteiger partial charge in [0.05, 0.1) is 0 Å². The molecular formula is C12H19N3O3S2. The first kappa shape index (κ1) is 15.4. The number of amides is 1. The van der Waals surface area contributed by atoms with Crippen LogP contribution in [0, 0.1) is 0 Å². The lowest BCUT2D eigenvalue weighted by Gasteiger charge is -2.23. The minimum absolute atomic E-state index is 0.0823. The molecule has 0 aliphatic carbocycles. The monoisotopic (exact) mass is 317 g/mol. The summed E-state index contributed by atoms with van der Waals surface area (Å²) in [5.74, 6) is -0.299. The summed E-state index contributed by atoms with van der Waals surface area (Å²) >= 11 is 1.16. The Kier molecular flexibility index (Phi) is 4.79. The SMILES string of the molecule is CN(C)S(=O)(=O)c1ccsc1C(=O)NC1CCNCC1. The number of hydrogen-bond donors (Lipinski definition) is 2. The quantitative estimate of drug-likeness (QED) is 0.847. The molecule has 2 N–H and O–H groups in total. The molecular weight excluding hydrogens is 298 g/mol. The van der Waals surface area contributed by atoms with E-state index in [9.17, 15) is 13.2 Å². The van der Waals surface area contributed by atoms with Crippen LogP contribution in [0.2, 0.25) is 0 Å². The van der Waals surface area contributed by atoms with Crippen molar-refractivity contribution >= 4 is 27.3 Å². The van der Waals surface area contributed by atoms with Gasteiger partial charge in [0, 0.05) is 20.1 Å². The highest BCUT2D eigenvalue weighted by atomic mass is 32.2. The Balaban J connectivity index is 2.17. The molecule has 0 unspecified atom stereocenters. The van der Waals surface area contributed by atoms with Crippen LogP contribution in [0.5, 0.6) is 0 Å². The van der Waals surface area contributed by atoms with E-state index in [-0.39, 0.29) is 21.7 Å².